The van der Waals surface area contributed by atoms with Crippen LogP contribution in [0.5, 0.6) is 5.75 Å². The van der Waals surface area contributed by atoms with Gasteiger partial charge in [0.2, 0.25) is 0 Å². The van der Waals surface area contributed by atoms with Gasteiger partial charge in [-0.25, -0.2) is 9.78 Å². The molecule has 0 atom stereocenters. The molecule has 6 heteroatoms. The monoisotopic (exact) mass is 320 g/mol. The van der Waals surface area contributed by atoms with Gasteiger partial charge in [0.05, 0.1) is 15.8 Å². The molecule has 0 saturated heterocycles. The first kappa shape index (κ1) is 13.5. The zero-order chi connectivity index (χ0) is 16.0. The maximum atomic E-state index is 12.4. The molecule has 4 aromatic rings. The molecule has 0 aliphatic heterocycles. The Morgan fingerprint density at radius 3 is 2.83 bits per heavy atom. The Balaban J connectivity index is 2.10. The van der Waals surface area contributed by atoms with Gasteiger partial charge in [0.25, 0.3) is 0 Å². The van der Waals surface area contributed by atoms with Crippen LogP contribution in [0.3, 0.4) is 0 Å². The number of benzene rings is 2. The Hall–Kier alpha value is -3.17. The lowest BCUT2D eigenvalue weighted by Crippen LogP contribution is -2.06. The zero-order valence-corrected chi connectivity index (χ0v) is 12.4. The molecule has 2 aromatic carbocycles. The standard InChI is InChI=1S/C17H8N2O3S/c18-8-11-10-6-5-9(20)7-13(10)22-17(21)15(11)16-19-12-3-1-2-4-14(12)23-16/h1-7,20H. The first-order valence-corrected chi connectivity index (χ1v) is 7.55. The highest BCUT2D eigenvalue weighted by molar-refractivity contribution is 7.21. The maximum Gasteiger partial charge on any atom is 0.348 e. The van der Waals surface area contributed by atoms with Gasteiger partial charge in [-0.2, -0.15) is 5.26 Å². The second-order valence-electron chi connectivity index (χ2n) is 4.92. The van der Waals surface area contributed by atoms with Crippen molar-refractivity contribution in [2.75, 3.05) is 0 Å². The summed E-state index contributed by atoms with van der Waals surface area (Å²) < 4.78 is 6.19. The SMILES string of the molecule is N#Cc1c(-c2nc3ccccc3s2)c(=O)oc2cc(O)ccc12. The number of phenols is 1. The van der Waals surface area contributed by atoms with Crippen molar-refractivity contribution in [3.63, 3.8) is 0 Å². The molecule has 0 unspecified atom stereocenters. The number of para-hydroxylation sites is 1. The van der Waals surface area contributed by atoms with Crippen molar-refractivity contribution in [3.05, 3.63) is 58.4 Å². The van der Waals surface area contributed by atoms with E-state index >= 15 is 0 Å². The number of phenolic OH excluding ortho intramolecular Hbond substituents is 1. The van der Waals surface area contributed by atoms with E-state index in [-0.39, 0.29) is 22.5 Å². The number of nitriles is 1. The number of fused-ring (bicyclic) bond motifs is 2. The van der Waals surface area contributed by atoms with Gasteiger partial charge in [-0.15, -0.1) is 11.3 Å². The molecule has 0 aliphatic rings. The normalized spacial score (nSPS) is 10.9. The predicted octanol–water partition coefficient (Wildman–Crippen LogP) is 3.65. The van der Waals surface area contributed by atoms with Crippen molar-refractivity contribution in [1.82, 2.24) is 4.98 Å². The summed E-state index contributed by atoms with van der Waals surface area (Å²) in [5.74, 6) is -0.0303. The van der Waals surface area contributed by atoms with Crippen LogP contribution in [-0.2, 0) is 0 Å². The minimum absolute atomic E-state index is 0.0303. The number of aromatic hydroxyl groups is 1. The number of rotatable bonds is 1. The van der Waals surface area contributed by atoms with Crippen LogP contribution in [0.15, 0.2) is 51.7 Å². The summed E-state index contributed by atoms with van der Waals surface area (Å²) in [6.07, 6.45) is 0. The Labute approximate surface area is 133 Å². The molecule has 2 aromatic heterocycles. The van der Waals surface area contributed by atoms with E-state index in [1.165, 1.54) is 23.5 Å². The summed E-state index contributed by atoms with van der Waals surface area (Å²) in [7, 11) is 0. The average Bonchev–Trinajstić information content (AvgIpc) is 2.96. The Kier molecular flexibility index (Phi) is 2.89. The third-order valence-electron chi connectivity index (χ3n) is 3.51. The number of hydrogen-bond donors (Lipinski definition) is 1. The zero-order valence-electron chi connectivity index (χ0n) is 11.6. The molecule has 5 nitrogen and oxygen atoms in total. The molecule has 0 spiro atoms. The van der Waals surface area contributed by atoms with Crippen molar-refractivity contribution in [2.24, 2.45) is 0 Å². The van der Waals surface area contributed by atoms with Gasteiger partial charge in [0.1, 0.15) is 28.0 Å². The Bertz CT molecular complexity index is 1140. The van der Waals surface area contributed by atoms with E-state index in [0.29, 0.717) is 10.4 Å². The van der Waals surface area contributed by atoms with Crippen molar-refractivity contribution < 1.29 is 9.52 Å². The molecular formula is C17H8N2O3S. The van der Waals surface area contributed by atoms with E-state index in [4.69, 9.17) is 4.42 Å². The highest BCUT2D eigenvalue weighted by Gasteiger charge is 2.19. The molecule has 2 heterocycles. The van der Waals surface area contributed by atoms with Crippen LogP contribution in [0.2, 0.25) is 0 Å². The van der Waals surface area contributed by atoms with Crippen molar-refractivity contribution in [3.8, 4) is 22.4 Å². The summed E-state index contributed by atoms with van der Waals surface area (Å²) >= 11 is 1.33. The smallest absolute Gasteiger partial charge is 0.348 e. The molecule has 0 bridgehead atoms. The molecule has 0 amide bonds. The average molecular weight is 320 g/mol. The van der Waals surface area contributed by atoms with Crippen LogP contribution < -0.4 is 5.63 Å². The fourth-order valence-electron chi connectivity index (χ4n) is 2.48. The number of aromatic nitrogens is 1. The molecule has 1 N–H and O–H groups in total. The van der Waals surface area contributed by atoms with E-state index in [9.17, 15) is 15.2 Å². The van der Waals surface area contributed by atoms with E-state index in [0.717, 1.165) is 10.2 Å². The molecule has 110 valence electrons. The summed E-state index contributed by atoms with van der Waals surface area (Å²) in [6, 6.07) is 13.9. The Morgan fingerprint density at radius 1 is 1.22 bits per heavy atom. The van der Waals surface area contributed by atoms with Crippen LogP contribution in [0, 0.1) is 11.3 Å². The molecule has 0 fully saturated rings. The second-order valence-corrected chi connectivity index (χ2v) is 5.95. The molecule has 0 aliphatic carbocycles. The van der Waals surface area contributed by atoms with Gasteiger partial charge >= 0.3 is 5.63 Å². The van der Waals surface area contributed by atoms with Crippen molar-refractivity contribution in [2.45, 2.75) is 0 Å². The topological polar surface area (TPSA) is 87.1 Å². The van der Waals surface area contributed by atoms with Crippen LogP contribution in [-0.4, -0.2) is 10.1 Å². The van der Waals surface area contributed by atoms with Gasteiger partial charge in [-0.3, -0.25) is 0 Å². The minimum atomic E-state index is -0.640. The summed E-state index contributed by atoms with van der Waals surface area (Å²) in [5, 5.41) is 20.0. The van der Waals surface area contributed by atoms with Gasteiger partial charge in [-0.1, -0.05) is 12.1 Å². The fraction of sp³-hybridized carbons (Fsp3) is 0. The number of thiazole rings is 1. The van der Waals surface area contributed by atoms with Crippen LogP contribution in [0.25, 0.3) is 31.8 Å². The highest BCUT2D eigenvalue weighted by Crippen LogP contribution is 2.33. The van der Waals surface area contributed by atoms with Gasteiger partial charge in [0, 0.05) is 11.5 Å². The molecule has 0 radical (unpaired) electrons. The van der Waals surface area contributed by atoms with Gasteiger partial charge in [0.15, 0.2) is 0 Å². The first-order chi connectivity index (χ1) is 11.2. The lowest BCUT2D eigenvalue weighted by atomic mass is 10.1. The van der Waals surface area contributed by atoms with Crippen LogP contribution in [0.1, 0.15) is 5.56 Å². The first-order valence-electron chi connectivity index (χ1n) is 6.73. The quantitative estimate of drug-likeness (QED) is 0.541. The predicted molar refractivity (Wildman–Crippen MR) is 87.5 cm³/mol. The highest BCUT2D eigenvalue weighted by atomic mass is 32.1. The lowest BCUT2D eigenvalue weighted by Gasteiger charge is -2.03. The fourth-order valence-corrected chi connectivity index (χ4v) is 3.48. The summed E-state index contributed by atoms with van der Waals surface area (Å²) in [6.45, 7) is 0. The van der Waals surface area contributed by atoms with Crippen molar-refractivity contribution >= 4 is 32.5 Å². The minimum Gasteiger partial charge on any atom is -0.508 e. The Morgan fingerprint density at radius 2 is 2.04 bits per heavy atom. The van der Waals surface area contributed by atoms with Gasteiger partial charge in [-0.05, 0) is 24.3 Å². The van der Waals surface area contributed by atoms with E-state index in [2.05, 4.69) is 11.1 Å². The van der Waals surface area contributed by atoms with E-state index < -0.39 is 5.63 Å². The number of hydrogen-bond acceptors (Lipinski definition) is 6. The van der Waals surface area contributed by atoms with Crippen LogP contribution in [0.4, 0.5) is 0 Å². The lowest BCUT2D eigenvalue weighted by molar-refractivity contribution is 0.473. The molecular weight excluding hydrogens is 312 g/mol. The largest absolute Gasteiger partial charge is 0.508 e. The molecule has 4 rings (SSSR count). The molecule has 23 heavy (non-hydrogen) atoms. The van der Waals surface area contributed by atoms with Crippen LogP contribution >= 0.6 is 11.3 Å². The van der Waals surface area contributed by atoms with E-state index in [1.54, 1.807) is 6.07 Å². The maximum absolute atomic E-state index is 12.4. The van der Waals surface area contributed by atoms with Crippen molar-refractivity contribution in [1.29, 1.82) is 5.26 Å². The van der Waals surface area contributed by atoms with E-state index in [1.807, 2.05) is 24.3 Å². The summed E-state index contributed by atoms with van der Waals surface area (Å²) in [4.78, 5) is 16.8. The van der Waals surface area contributed by atoms with Gasteiger partial charge < -0.3 is 9.52 Å². The number of nitrogens with zero attached hydrogens (tertiary/aromatic N) is 2. The summed E-state index contributed by atoms with van der Waals surface area (Å²) in [5.41, 5.74) is 0.666. The third-order valence-corrected chi connectivity index (χ3v) is 4.56. The molecule has 0 saturated carbocycles. The third kappa shape index (κ3) is 2.06. The second kappa shape index (κ2) is 4.93.